The van der Waals surface area contributed by atoms with E-state index in [9.17, 15) is 8.78 Å². The van der Waals surface area contributed by atoms with Crippen LogP contribution in [0.5, 0.6) is 5.75 Å². The molecule has 0 radical (unpaired) electrons. The van der Waals surface area contributed by atoms with Crippen LogP contribution < -0.4 is 4.74 Å². The van der Waals surface area contributed by atoms with Gasteiger partial charge in [-0.15, -0.1) is 0 Å². The summed E-state index contributed by atoms with van der Waals surface area (Å²) in [5.41, 5.74) is -1.05. The van der Waals surface area contributed by atoms with Crippen molar-refractivity contribution in [2.24, 2.45) is 4.99 Å². The second-order valence-corrected chi connectivity index (χ2v) is 4.91. The van der Waals surface area contributed by atoms with Crippen molar-refractivity contribution in [1.29, 1.82) is 0 Å². The van der Waals surface area contributed by atoms with Gasteiger partial charge >= 0.3 is 0 Å². The molecule has 19 heavy (non-hydrogen) atoms. The molecule has 104 valence electrons. The molecule has 6 heteroatoms. The Bertz CT molecular complexity index is 484. The van der Waals surface area contributed by atoms with Crippen molar-refractivity contribution >= 4 is 21.6 Å². The summed E-state index contributed by atoms with van der Waals surface area (Å²) in [4.78, 5) is 4.09. The third-order valence-corrected chi connectivity index (χ3v) is 3.99. The highest BCUT2D eigenvalue weighted by Gasteiger charge is 2.52. The minimum Gasteiger partial charge on any atom is -0.497 e. The van der Waals surface area contributed by atoms with Crippen LogP contribution >= 0.6 is 15.9 Å². The van der Waals surface area contributed by atoms with Crippen LogP contribution in [0.1, 0.15) is 12.0 Å². The van der Waals surface area contributed by atoms with Crippen molar-refractivity contribution < 1.29 is 18.3 Å². The Hall–Kier alpha value is -1.01. The van der Waals surface area contributed by atoms with Crippen LogP contribution in [0, 0.1) is 0 Å². The molecular formula is C13H14BrF2NO2. The summed E-state index contributed by atoms with van der Waals surface area (Å²) < 4.78 is 38.3. The Morgan fingerprint density at radius 2 is 1.89 bits per heavy atom. The maximum Gasteiger partial charge on any atom is 0.294 e. The summed E-state index contributed by atoms with van der Waals surface area (Å²) in [6, 6.07) is 6.42. The Labute approximate surface area is 118 Å². The largest absolute Gasteiger partial charge is 0.497 e. The minimum atomic E-state index is -3.00. The monoisotopic (exact) mass is 333 g/mol. The van der Waals surface area contributed by atoms with E-state index in [1.165, 1.54) is 14.2 Å². The lowest BCUT2D eigenvalue weighted by Gasteiger charge is -2.21. The smallest absolute Gasteiger partial charge is 0.294 e. The van der Waals surface area contributed by atoms with Crippen LogP contribution in [-0.4, -0.2) is 36.9 Å². The molecule has 0 fully saturated rings. The molecule has 0 saturated carbocycles. The fourth-order valence-electron chi connectivity index (χ4n) is 2.03. The summed E-state index contributed by atoms with van der Waals surface area (Å²) in [7, 11) is 2.91. The van der Waals surface area contributed by atoms with Gasteiger partial charge in [-0.05, 0) is 24.3 Å². The third-order valence-electron chi connectivity index (χ3n) is 3.11. The first-order valence-corrected chi connectivity index (χ1v) is 6.82. The zero-order chi connectivity index (χ0) is 14.1. The molecule has 1 aromatic rings. The number of halogens is 3. The average Bonchev–Trinajstić information content (AvgIpc) is 2.71. The summed E-state index contributed by atoms with van der Waals surface area (Å²) in [5.74, 6) is -2.39. The van der Waals surface area contributed by atoms with Crippen LogP contribution in [0.4, 0.5) is 8.78 Å². The summed E-state index contributed by atoms with van der Waals surface area (Å²) in [5, 5.41) is 0.228. The molecule has 0 bridgehead atoms. The number of benzene rings is 1. The van der Waals surface area contributed by atoms with Gasteiger partial charge in [0, 0.05) is 12.7 Å². The van der Waals surface area contributed by atoms with Crippen LogP contribution in [-0.2, 0) is 4.74 Å². The Balaban J connectivity index is 2.40. The molecule has 3 nitrogen and oxygen atoms in total. The van der Waals surface area contributed by atoms with Gasteiger partial charge in [0.05, 0.1) is 18.9 Å². The number of nitrogens with zero attached hydrogens (tertiary/aromatic N) is 1. The predicted octanol–water partition coefficient (Wildman–Crippen LogP) is 3.26. The van der Waals surface area contributed by atoms with Crippen LogP contribution in [0.3, 0.4) is 0 Å². The van der Waals surface area contributed by atoms with Gasteiger partial charge in [0.2, 0.25) is 0 Å². The van der Waals surface area contributed by atoms with Crippen molar-refractivity contribution in [3.05, 3.63) is 29.8 Å². The maximum absolute atomic E-state index is 14.1. The van der Waals surface area contributed by atoms with E-state index in [0.717, 1.165) is 0 Å². The molecule has 1 unspecified atom stereocenters. The number of aliphatic imine (C=N–C) groups is 1. The lowest BCUT2D eigenvalue weighted by atomic mass is 10.0. The molecule has 1 aromatic carbocycles. The number of rotatable bonds is 4. The van der Waals surface area contributed by atoms with Gasteiger partial charge in [0.1, 0.15) is 11.5 Å². The van der Waals surface area contributed by atoms with Gasteiger partial charge < -0.3 is 9.47 Å². The van der Waals surface area contributed by atoms with E-state index in [1.54, 1.807) is 24.3 Å². The molecule has 2 rings (SSSR count). The molecular weight excluding hydrogens is 320 g/mol. The lowest BCUT2D eigenvalue weighted by molar-refractivity contribution is -0.0355. The van der Waals surface area contributed by atoms with Gasteiger partial charge in [-0.3, -0.25) is 0 Å². The fraction of sp³-hybridized carbons (Fsp3) is 0.462. The van der Waals surface area contributed by atoms with Gasteiger partial charge in [-0.1, -0.05) is 15.9 Å². The second kappa shape index (κ2) is 5.17. The normalized spacial score (nSPS) is 25.2. The summed E-state index contributed by atoms with van der Waals surface area (Å²) in [6.07, 6.45) is -0.455. The first kappa shape index (κ1) is 14.4. The highest BCUT2D eigenvalue weighted by atomic mass is 79.9. The first-order chi connectivity index (χ1) is 8.96. The van der Waals surface area contributed by atoms with Gasteiger partial charge in [0.25, 0.3) is 5.92 Å². The standard InChI is InChI=1S/C13H14BrF2NO2/c1-18-10-5-3-9(4-6-10)11-13(15,16)7-12(8-14,17-11)19-2/h3-6H,7-8H2,1-2H3. The molecule has 0 aliphatic carbocycles. The van der Waals surface area contributed by atoms with Crippen LogP contribution in [0.25, 0.3) is 0 Å². The van der Waals surface area contributed by atoms with Crippen molar-refractivity contribution in [3.63, 3.8) is 0 Å². The number of alkyl halides is 3. The molecule has 0 aromatic heterocycles. The number of hydrogen-bond donors (Lipinski definition) is 0. The van der Waals surface area contributed by atoms with Crippen molar-refractivity contribution in [1.82, 2.24) is 0 Å². The zero-order valence-electron chi connectivity index (χ0n) is 10.6. The third kappa shape index (κ3) is 2.65. The molecule has 1 heterocycles. The van der Waals surface area contributed by atoms with Crippen molar-refractivity contribution in [2.75, 3.05) is 19.5 Å². The molecule has 1 atom stereocenters. The molecule has 1 aliphatic heterocycles. The number of methoxy groups -OCH3 is 2. The van der Waals surface area contributed by atoms with Crippen molar-refractivity contribution in [2.45, 2.75) is 18.1 Å². The SMILES string of the molecule is COc1ccc(C2=NC(CBr)(OC)CC2(F)F)cc1. The van der Waals surface area contributed by atoms with Crippen LogP contribution in [0.2, 0.25) is 0 Å². The van der Waals surface area contributed by atoms with Gasteiger partial charge in [-0.25, -0.2) is 4.99 Å². The average molecular weight is 334 g/mol. The van der Waals surface area contributed by atoms with E-state index in [2.05, 4.69) is 20.9 Å². The van der Waals surface area contributed by atoms with E-state index in [0.29, 0.717) is 11.3 Å². The Kier molecular flexibility index (Phi) is 3.92. The van der Waals surface area contributed by atoms with Crippen molar-refractivity contribution in [3.8, 4) is 5.75 Å². The number of ether oxygens (including phenoxy) is 2. The summed E-state index contributed by atoms with van der Waals surface area (Å²) in [6.45, 7) is 0. The summed E-state index contributed by atoms with van der Waals surface area (Å²) >= 11 is 3.18. The Morgan fingerprint density at radius 1 is 1.26 bits per heavy atom. The van der Waals surface area contributed by atoms with Crippen LogP contribution in [0.15, 0.2) is 29.3 Å². The predicted molar refractivity (Wildman–Crippen MR) is 72.6 cm³/mol. The highest BCUT2D eigenvalue weighted by Crippen LogP contribution is 2.41. The molecule has 0 N–H and O–H groups in total. The zero-order valence-corrected chi connectivity index (χ0v) is 12.2. The van der Waals surface area contributed by atoms with E-state index in [1.807, 2.05) is 0 Å². The molecule has 0 spiro atoms. The topological polar surface area (TPSA) is 30.8 Å². The maximum atomic E-state index is 14.1. The van der Waals surface area contributed by atoms with E-state index in [-0.39, 0.29) is 11.0 Å². The minimum absolute atomic E-state index is 0.228. The van der Waals surface area contributed by atoms with Gasteiger partial charge in [-0.2, -0.15) is 8.78 Å². The van der Waals surface area contributed by atoms with Gasteiger partial charge in [0.15, 0.2) is 5.72 Å². The van der Waals surface area contributed by atoms with E-state index in [4.69, 9.17) is 9.47 Å². The Morgan fingerprint density at radius 3 is 2.32 bits per heavy atom. The highest BCUT2D eigenvalue weighted by molar-refractivity contribution is 9.09. The molecule has 0 saturated heterocycles. The molecule has 1 aliphatic rings. The number of hydrogen-bond acceptors (Lipinski definition) is 3. The quantitative estimate of drug-likeness (QED) is 0.792. The second-order valence-electron chi connectivity index (χ2n) is 4.35. The van der Waals surface area contributed by atoms with E-state index >= 15 is 0 Å². The van der Waals surface area contributed by atoms with E-state index < -0.39 is 18.1 Å². The fourth-order valence-corrected chi connectivity index (χ4v) is 2.58. The first-order valence-electron chi connectivity index (χ1n) is 5.70. The lowest BCUT2D eigenvalue weighted by Crippen LogP contribution is -2.33. The molecule has 0 amide bonds.